The summed E-state index contributed by atoms with van der Waals surface area (Å²) in [7, 11) is 0. The molecule has 3 heterocycles. The predicted octanol–water partition coefficient (Wildman–Crippen LogP) is 15.2. The molecule has 1 unspecified atom stereocenters. The molecule has 0 aliphatic heterocycles. The first-order valence-corrected chi connectivity index (χ1v) is 23.7. The zero-order chi connectivity index (χ0) is 46.8. The fourth-order valence-electron chi connectivity index (χ4n) is 10.0. The molecule has 1 aliphatic rings. The number of pyridine rings is 1. The Morgan fingerprint density at radius 1 is 0.545 bits per heavy atom. The fraction of sp³-hybridized carbons (Fsp3) is 0.100. The Morgan fingerprint density at radius 2 is 1.17 bits per heavy atom. The Morgan fingerprint density at radius 3 is 1.86 bits per heavy atom. The number of rotatable bonds is 8. The van der Waals surface area contributed by atoms with E-state index in [1.54, 1.807) is 12.3 Å². The summed E-state index contributed by atoms with van der Waals surface area (Å²) in [5.41, 5.74) is 15.1. The third kappa shape index (κ3) is 6.98. The Balaban J connectivity index is 0.996. The second-order valence-electron chi connectivity index (χ2n) is 17.4. The molecule has 3 aromatic heterocycles. The molecule has 11 aromatic rings. The van der Waals surface area contributed by atoms with Gasteiger partial charge in [-0.15, -0.1) is 0 Å². The van der Waals surface area contributed by atoms with E-state index in [1.807, 2.05) is 48.5 Å². The molecule has 0 fully saturated rings. The molecular weight excluding hydrogens is 988 g/mol. The van der Waals surface area contributed by atoms with Crippen LogP contribution >= 0.6 is 0 Å². The van der Waals surface area contributed by atoms with E-state index in [1.165, 1.54) is 11.1 Å². The topological polar surface area (TPSA) is 36.9 Å². The van der Waals surface area contributed by atoms with Gasteiger partial charge in [0.15, 0.2) is 0 Å². The molecule has 0 amide bonds. The molecule has 5 nitrogen and oxygen atoms in total. The van der Waals surface area contributed by atoms with E-state index in [-0.39, 0.29) is 5.56 Å². The first-order valence-electron chi connectivity index (χ1n) is 24.0. The van der Waals surface area contributed by atoms with Crippen molar-refractivity contribution < 1.29 is 28.2 Å². The van der Waals surface area contributed by atoms with Gasteiger partial charge in [0, 0.05) is 15.9 Å². The predicted molar refractivity (Wildman–Crippen MR) is 267 cm³/mol. The van der Waals surface area contributed by atoms with Crippen molar-refractivity contribution in [2.24, 2.45) is 5.92 Å². The van der Waals surface area contributed by atoms with Crippen molar-refractivity contribution in [2.45, 2.75) is 33.0 Å². The Labute approximate surface area is 399 Å². The first-order chi connectivity index (χ1) is 33.7. The van der Waals surface area contributed by atoms with E-state index in [2.05, 4.69) is 180 Å². The molecule has 0 spiro atoms. The molecule has 0 bridgehead atoms. The second-order valence-corrected chi connectivity index (χ2v) is 18.4. The number of benzene rings is 8. The van der Waals surface area contributed by atoms with Crippen LogP contribution in [0.1, 0.15) is 34.1 Å². The van der Waals surface area contributed by atoms with Crippen molar-refractivity contribution in [3.05, 3.63) is 221 Å². The van der Waals surface area contributed by atoms with Crippen LogP contribution in [0, 0.1) is 16.6 Å². The van der Waals surface area contributed by atoms with Crippen molar-refractivity contribution in [2.75, 3.05) is 0 Å². The van der Waals surface area contributed by atoms with Gasteiger partial charge in [-0.1, -0.05) is 37.3 Å². The van der Waals surface area contributed by atoms with Gasteiger partial charge in [-0.3, -0.25) is 0 Å². The van der Waals surface area contributed by atoms with E-state index in [4.69, 9.17) is 13.8 Å². The van der Waals surface area contributed by atoms with Gasteiger partial charge in [-0.25, -0.2) is 0 Å². The number of hydrogen-bond acceptors (Lipinski definition) is 2. The SMILES string of the molecule is [2H]C([2H])([2H])c1cc(-n2c3cc(Oc4cccc(-n5[c](=[Pt])n(-c6c(-c7ccccc7)cccc6-c6ccccc6)c6ccccc65)c4)ccc3c3cc4c(cc32)CCC(C)C4)ncc1-c1ccccc1. The number of para-hydroxylation sites is 3. The summed E-state index contributed by atoms with van der Waals surface area (Å²) < 4.78 is 40.7. The molecule has 322 valence electrons. The van der Waals surface area contributed by atoms with Crippen LogP contribution in [0.5, 0.6) is 11.5 Å². The molecule has 0 radical (unpaired) electrons. The third-order valence-corrected chi connectivity index (χ3v) is 14.2. The normalized spacial score (nSPS) is 14.5. The van der Waals surface area contributed by atoms with E-state index >= 15 is 0 Å². The van der Waals surface area contributed by atoms with Gasteiger partial charge >= 0.3 is 294 Å². The number of fused-ring (bicyclic) bond motifs is 5. The van der Waals surface area contributed by atoms with Crippen LogP contribution in [-0.2, 0) is 32.2 Å². The zero-order valence-corrected chi connectivity index (χ0v) is 38.5. The van der Waals surface area contributed by atoms with Gasteiger partial charge in [0.1, 0.15) is 0 Å². The number of aryl methyl sites for hydroxylation is 2. The molecule has 8 aromatic carbocycles. The minimum atomic E-state index is -2.37. The number of aromatic nitrogens is 4. The summed E-state index contributed by atoms with van der Waals surface area (Å²) in [4.78, 5) is 5.02. The Kier molecular flexibility index (Phi) is 9.28. The van der Waals surface area contributed by atoms with Gasteiger partial charge in [-0.2, -0.15) is 0 Å². The molecular formula is C60H46N4OPt. The van der Waals surface area contributed by atoms with Gasteiger partial charge in [0.25, 0.3) is 0 Å². The summed E-state index contributed by atoms with van der Waals surface area (Å²) in [6.07, 6.45) is 4.89. The van der Waals surface area contributed by atoms with Crippen LogP contribution in [0.4, 0.5) is 0 Å². The van der Waals surface area contributed by atoms with Gasteiger partial charge in [0.05, 0.1) is 0 Å². The quantitative estimate of drug-likeness (QED) is 0.152. The zero-order valence-electron chi connectivity index (χ0n) is 39.3. The number of nitrogens with zero attached hydrogens (tertiary/aromatic N) is 4. The number of imidazole rings is 1. The van der Waals surface area contributed by atoms with Crippen molar-refractivity contribution in [3.63, 3.8) is 0 Å². The number of ether oxygens (including phenoxy) is 1. The van der Waals surface area contributed by atoms with E-state index in [9.17, 15) is 0 Å². The molecule has 12 rings (SSSR count). The van der Waals surface area contributed by atoms with Crippen LogP contribution in [-0.4, -0.2) is 18.7 Å². The standard InChI is InChI=1S/C60H46N4O.Pt/c1-40-28-29-45-35-57-53(34-46(45)32-40)52-31-30-49(37-58(52)64(57)59-33-41(2)54(38-61-59)44-20-10-5-11-21-44)65-48-23-14-22-47(36-48)62-39-63(56-27-13-12-26-55(56)62)60-50(42-16-6-3-7-17-42)24-15-25-51(60)43-18-8-4-9-19-43;/h3-27,30-31,33-38,40H,28-29,32H2,1-2H3;/i2D3;. The van der Waals surface area contributed by atoms with Crippen molar-refractivity contribution in [1.82, 2.24) is 18.7 Å². The summed E-state index contributed by atoms with van der Waals surface area (Å²) in [6, 6.07) is 66.9. The summed E-state index contributed by atoms with van der Waals surface area (Å²) in [6.45, 7) is -0.0400. The summed E-state index contributed by atoms with van der Waals surface area (Å²) >= 11 is 2.48. The van der Waals surface area contributed by atoms with Gasteiger partial charge in [0.2, 0.25) is 0 Å². The summed E-state index contributed by atoms with van der Waals surface area (Å²) in [5, 5.41) is 2.17. The summed E-state index contributed by atoms with van der Waals surface area (Å²) in [5.74, 6) is 2.51. The van der Waals surface area contributed by atoms with E-state index in [0.29, 0.717) is 28.8 Å². The Bertz CT molecular complexity index is 3760. The molecule has 1 atom stereocenters. The van der Waals surface area contributed by atoms with Crippen LogP contribution in [0.3, 0.4) is 0 Å². The Hall–Kier alpha value is -7.33. The van der Waals surface area contributed by atoms with Crippen molar-refractivity contribution in [1.29, 1.82) is 0 Å². The minimum absolute atomic E-state index is 0.262. The van der Waals surface area contributed by atoms with E-state index in [0.717, 1.165) is 95.1 Å². The van der Waals surface area contributed by atoms with Crippen LogP contribution in [0.15, 0.2) is 200 Å². The van der Waals surface area contributed by atoms with Crippen molar-refractivity contribution in [3.8, 4) is 62.1 Å². The van der Waals surface area contributed by atoms with Crippen molar-refractivity contribution >= 4 is 32.8 Å². The smallest absolute Gasteiger partial charge is 0.0622 e. The minimum Gasteiger partial charge on any atom is -0.0622 e. The monoisotopic (exact) mass is 1040 g/mol. The molecule has 0 N–H and O–H groups in total. The molecule has 0 saturated carbocycles. The fourth-order valence-corrected chi connectivity index (χ4v) is 11.1. The maximum atomic E-state index is 8.66. The maximum absolute atomic E-state index is 8.66. The third-order valence-electron chi connectivity index (χ3n) is 13.2. The average Bonchev–Trinajstić information content (AvgIpc) is 3.85. The van der Waals surface area contributed by atoms with Crippen LogP contribution < -0.4 is 4.74 Å². The van der Waals surface area contributed by atoms with E-state index < -0.39 is 6.85 Å². The molecule has 0 saturated heterocycles. The number of hydrogen-bond donors (Lipinski definition) is 0. The molecule has 6 heteroatoms. The van der Waals surface area contributed by atoms with Crippen LogP contribution in [0.2, 0.25) is 0 Å². The molecule has 66 heavy (non-hydrogen) atoms. The van der Waals surface area contributed by atoms with Gasteiger partial charge in [-0.05, 0) is 54.3 Å². The van der Waals surface area contributed by atoms with Gasteiger partial charge < -0.3 is 0 Å². The average molecular weight is 1040 g/mol. The first kappa shape index (κ1) is 36.9. The second kappa shape index (κ2) is 16.6. The van der Waals surface area contributed by atoms with Crippen LogP contribution in [0.25, 0.3) is 83.4 Å². The molecule has 1 aliphatic carbocycles.